The van der Waals surface area contributed by atoms with E-state index in [-0.39, 0.29) is 12.4 Å². The fourth-order valence-electron chi connectivity index (χ4n) is 5.49. The highest BCUT2D eigenvalue weighted by Crippen LogP contribution is 2.48. The molecule has 1 aliphatic heterocycles. The Labute approximate surface area is 207 Å². The molecule has 1 atom stereocenters. The highest BCUT2D eigenvalue weighted by atomic mass is 35.5. The van der Waals surface area contributed by atoms with Crippen molar-refractivity contribution in [3.05, 3.63) is 65.2 Å². The first kappa shape index (κ1) is 24.8. The van der Waals surface area contributed by atoms with Crippen LogP contribution in [0.2, 0.25) is 0 Å². The number of nitrogens with one attached hydrogen (secondary N) is 1. The lowest BCUT2D eigenvalue weighted by atomic mass is 9.92. The summed E-state index contributed by atoms with van der Waals surface area (Å²) in [6.45, 7) is 2.25. The average molecular weight is 503 g/mol. The molecule has 1 aliphatic carbocycles. The normalized spacial score (nSPS) is 17.3. The van der Waals surface area contributed by atoms with Crippen molar-refractivity contribution in [1.82, 2.24) is 9.62 Å². The number of fused-ring (bicyclic) bond motifs is 1. The van der Waals surface area contributed by atoms with E-state index in [0.29, 0.717) is 17.5 Å². The summed E-state index contributed by atoms with van der Waals surface area (Å²) >= 11 is 0. The van der Waals surface area contributed by atoms with Gasteiger partial charge in [0.15, 0.2) is 11.5 Å². The Morgan fingerprint density at radius 1 is 1.06 bits per heavy atom. The van der Waals surface area contributed by atoms with Crippen molar-refractivity contribution < 1.29 is 17.9 Å². The first-order valence-corrected chi connectivity index (χ1v) is 13.0. The van der Waals surface area contributed by atoms with E-state index in [1.165, 1.54) is 16.7 Å². The van der Waals surface area contributed by atoms with E-state index in [1.807, 2.05) is 30.3 Å². The summed E-state index contributed by atoms with van der Waals surface area (Å²) in [6, 6.07) is 15.5. The topological polar surface area (TPSA) is 67.9 Å². The number of hydrogen-bond donors (Lipinski definition) is 1. The van der Waals surface area contributed by atoms with Crippen LogP contribution in [0.5, 0.6) is 11.5 Å². The standard InChI is InChI=1S/C26H30N2O4S.ClH/c1-31-23-17-19-13-16-28(22-12-11-21(25(19)22)26(23)32-2)15-6-14-27-33(29,30)24-10-5-8-18-7-3-4-9-20(18)24;/h3-5,7-10,17,22,27H,6,11-16H2,1-2H3;1H. The molecule has 0 saturated heterocycles. The van der Waals surface area contributed by atoms with E-state index in [4.69, 9.17) is 9.47 Å². The maximum atomic E-state index is 13.0. The third-order valence-electron chi connectivity index (χ3n) is 6.96. The van der Waals surface area contributed by atoms with Crippen molar-refractivity contribution in [3.63, 3.8) is 0 Å². The van der Waals surface area contributed by atoms with Crippen LogP contribution in [0.15, 0.2) is 53.4 Å². The molecule has 6 nitrogen and oxygen atoms in total. The van der Waals surface area contributed by atoms with E-state index in [1.54, 1.807) is 26.4 Å². The smallest absolute Gasteiger partial charge is 0.241 e. The van der Waals surface area contributed by atoms with Gasteiger partial charge in [-0.15, -0.1) is 12.4 Å². The first-order chi connectivity index (χ1) is 16.0. The average Bonchev–Trinajstić information content (AvgIpc) is 3.28. The van der Waals surface area contributed by atoms with E-state index in [9.17, 15) is 8.42 Å². The lowest BCUT2D eigenvalue weighted by Crippen LogP contribution is -2.36. The molecule has 2 aliphatic rings. The third kappa shape index (κ3) is 4.38. The molecular formula is C26H31ClN2O4S. The summed E-state index contributed by atoms with van der Waals surface area (Å²) < 4.78 is 40.0. The third-order valence-corrected chi connectivity index (χ3v) is 8.48. The van der Waals surface area contributed by atoms with Gasteiger partial charge in [-0.05, 0) is 54.3 Å². The van der Waals surface area contributed by atoms with Gasteiger partial charge in [-0.1, -0.05) is 36.4 Å². The van der Waals surface area contributed by atoms with Crippen LogP contribution in [0.1, 0.15) is 35.6 Å². The molecule has 0 fully saturated rings. The zero-order chi connectivity index (χ0) is 23.0. The van der Waals surface area contributed by atoms with Gasteiger partial charge in [0.2, 0.25) is 10.0 Å². The second-order valence-corrected chi connectivity index (χ2v) is 10.5. The summed E-state index contributed by atoms with van der Waals surface area (Å²) in [7, 11) is -0.166. The summed E-state index contributed by atoms with van der Waals surface area (Å²) in [4.78, 5) is 2.84. The summed E-state index contributed by atoms with van der Waals surface area (Å²) in [5, 5.41) is 1.68. The van der Waals surface area contributed by atoms with Gasteiger partial charge in [-0.25, -0.2) is 13.1 Å². The van der Waals surface area contributed by atoms with Crippen molar-refractivity contribution in [3.8, 4) is 11.5 Å². The largest absolute Gasteiger partial charge is 0.493 e. The number of ether oxygens (including phenoxy) is 2. The molecule has 5 rings (SSSR count). The highest BCUT2D eigenvalue weighted by Gasteiger charge is 2.36. The highest BCUT2D eigenvalue weighted by molar-refractivity contribution is 7.89. The summed E-state index contributed by atoms with van der Waals surface area (Å²) in [5.74, 6) is 1.69. The number of hydrogen-bond acceptors (Lipinski definition) is 5. The Morgan fingerprint density at radius 2 is 1.85 bits per heavy atom. The van der Waals surface area contributed by atoms with Crippen LogP contribution in [-0.2, 0) is 22.9 Å². The van der Waals surface area contributed by atoms with Crippen LogP contribution < -0.4 is 14.2 Å². The Balaban J connectivity index is 0.00000274. The maximum Gasteiger partial charge on any atom is 0.241 e. The fraction of sp³-hybridized carbons (Fsp3) is 0.385. The van der Waals surface area contributed by atoms with Gasteiger partial charge in [0.25, 0.3) is 0 Å². The molecule has 182 valence electrons. The number of rotatable bonds is 8. The quantitative estimate of drug-likeness (QED) is 0.459. The molecule has 0 radical (unpaired) electrons. The van der Waals surface area contributed by atoms with Crippen LogP contribution in [0.3, 0.4) is 0 Å². The molecule has 1 N–H and O–H groups in total. The van der Waals surface area contributed by atoms with Gasteiger partial charge in [0.05, 0.1) is 19.1 Å². The minimum atomic E-state index is -3.56. The SMILES string of the molecule is COc1cc2c3c(c1OC)CCC3N(CCCNS(=O)(=O)c1cccc3ccccc13)CC2.Cl. The molecule has 1 heterocycles. The van der Waals surface area contributed by atoms with Gasteiger partial charge in [-0.3, -0.25) is 4.90 Å². The Kier molecular flexibility index (Phi) is 7.38. The van der Waals surface area contributed by atoms with Crippen LogP contribution in [0, 0.1) is 0 Å². The van der Waals surface area contributed by atoms with Crippen LogP contribution >= 0.6 is 12.4 Å². The molecule has 0 saturated carbocycles. The Bertz CT molecular complexity index is 1290. The van der Waals surface area contributed by atoms with Crippen molar-refractivity contribution >= 4 is 33.2 Å². The molecule has 0 aromatic heterocycles. The number of nitrogens with zero attached hydrogens (tertiary/aromatic N) is 1. The molecule has 1 unspecified atom stereocenters. The van der Waals surface area contributed by atoms with E-state index in [0.717, 1.165) is 61.0 Å². The maximum absolute atomic E-state index is 13.0. The van der Waals surface area contributed by atoms with Gasteiger partial charge in [0, 0.05) is 36.6 Å². The second-order valence-electron chi connectivity index (χ2n) is 8.73. The zero-order valence-electron chi connectivity index (χ0n) is 19.5. The monoisotopic (exact) mass is 502 g/mol. The van der Waals surface area contributed by atoms with Gasteiger partial charge in [0.1, 0.15) is 0 Å². The number of halogens is 1. The molecule has 0 bridgehead atoms. The summed E-state index contributed by atoms with van der Waals surface area (Å²) in [5.41, 5.74) is 4.03. The van der Waals surface area contributed by atoms with Crippen molar-refractivity contribution in [1.29, 1.82) is 0 Å². The minimum absolute atomic E-state index is 0. The molecule has 3 aromatic rings. The minimum Gasteiger partial charge on any atom is -0.493 e. The Hall–Kier alpha value is -2.32. The number of benzene rings is 3. The molecule has 8 heteroatoms. The van der Waals surface area contributed by atoms with E-state index < -0.39 is 10.0 Å². The lowest BCUT2D eigenvalue weighted by molar-refractivity contribution is 0.184. The van der Waals surface area contributed by atoms with Gasteiger partial charge < -0.3 is 9.47 Å². The zero-order valence-corrected chi connectivity index (χ0v) is 21.2. The van der Waals surface area contributed by atoms with Crippen LogP contribution in [0.25, 0.3) is 10.8 Å². The van der Waals surface area contributed by atoms with Gasteiger partial charge >= 0.3 is 0 Å². The number of sulfonamides is 1. The first-order valence-electron chi connectivity index (χ1n) is 11.5. The number of methoxy groups -OCH3 is 2. The second kappa shape index (κ2) is 10.1. The molecule has 0 spiro atoms. The predicted octanol–water partition coefficient (Wildman–Crippen LogP) is 4.49. The van der Waals surface area contributed by atoms with E-state index >= 15 is 0 Å². The van der Waals surface area contributed by atoms with Crippen molar-refractivity contribution in [2.75, 3.05) is 33.9 Å². The molecule has 3 aromatic carbocycles. The van der Waals surface area contributed by atoms with E-state index in [2.05, 4.69) is 15.7 Å². The molecular weight excluding hydrogens is 472 g/mol. The molecule has 0 amide bonds. The van der Waals surface area contributed by atoms with Crippen molar-refractivity contribution in [2.45, 2.75) is 36.6 Å². The van der Waals surface area contributed by atoms with Crippen LogP contribution in [-0.4, -0.2) is 47.2 Å². The molecule has 34 heavy (non-hydrogen) atoms. The predicted molar refractivity (Wildman–Crippen MR) is 137 cm³/mol. The Morgan fingerprint density at radius 3 is 2.65 bits per heavy atom. The van der Waals surface area contributed by atoms with Crippen molar-refractivity contribution in [2.24, 2.45) is 0 Å². The summed E-state index contributed by atoms with van der Waals surface area (Å²) in [6.07, 6.45) is 3.78. The lowest BCUT2D eigenvalue weighted by Gasteiger charge is -2.35. The fourth-order valence-corrected chi connectivity index (χ4v) is 6.79. The van der Waals surface area contributed by atoms with Crippen LogP contribution in [0.4, 0.5) is 0 Å². The van der Waals surface area contributed by atoms with Gasteiger partial charge in [-0.2, -0.15) is 0 Å².